The summed E-state index contributed by atoms with van der Waals surface area (Å²) in [5, 5.41) is 24.7. The highest BCUT2D eigenvalue weighted by Gasteiger charge is 2.36. The fourth-order valence-electron chi connectivity index (χ4n) is 2.23. The van der Waals surface area contributed by atoms with Gasteiger partial charge in [0.1, 0.15) is 10.6 Å². The number of sulfone groups is 1. The SMILES string of the molecule is O=[N+]([O-])c1cc([N+](=O)[O-])c2c(c1)S(=O)(=O)c1ccccc1N2. The second-order valence-electron chi connectivity index (χ2n) is 4.48. The van der Waals surface area contributed by atoms with Gasteiger partial charge in [-0.15, -0.1) is 0 Å². The number of nitro groups is 2. The van der Waals surface area contributed by atoms with Crippen molar-refractivity contribution >= 4 is 32.6 Å². The van der Waals surface area contributed by atoms with Crippen molar-refractivity contribution in [1.82, 2.24) is 0 Å². The number of non-ortho nitro benzene ring substituents is 1. The Morgan fingerprint density at radius 2 is 1.64 bits per heavy atom. The van der Waals surface area contributed by atoms with Gasteiger partial charge in [-0.25, -0.2) is 8.42 Å². The number of anilines is 2. The van der Waals surface area contributed by atoms with Crippen LogP contribution in [0.25, 0.3) is 0 Å². The second kappa shape index (κ2) is 4.49. The van der Waals surface area contributed by atoms with Gasteiger partial charge in [-0.3, -0.25) is 20.2 Å². The fraction of sp³-hybridized carbons (Fsp3) is 0. The Kier molecular flexibility index (Phi) is 2.85. The number of nitrogens with one attached hydrogen (secondary N) is 1. The molecule has 3 rings (SSSR count). The zero-order chi connectivity index (χ0) is 16.1. The maximum Gasteiger partial charge on any atom is 0.300 e. The van der Waals surface area contributed by atoms with Gasteiger partial charge in [-0.1, -0.05) is 12.1 Å². The van der Waals surface area contributed by atoms with Gasteiger partial charge in [0.15, 0.2) is 0 Å². The summed E-state index contributed by atoms with van der Waals surface area (Å²) in [7, 11) is -4.08. The van der Waals surface area contributed by atoms with Gasteiger partial charge in [0.05, 0.1) is 26.5 Å². The number of fused-ring (bicyclic) bond motifs is 2. The maximum atomic E-state index is 12.6. The molecule has 0 bridgehead atoms. The maximum absolute atomic E-state index is 12.6. The Hall–Kier alpha value is -3.01. The zero-order valence-electron chi connectivity index (χ0n) is 10.7. The van der Waals surface area contributed by atoms with Crippen molar-refractivity contribution in [2.24, 2.45) is 0 Å². The summed E-state index contributed by atoms with van der Waals surface area (Å²) < 4.78 is 25.1. The number of hydrogen-bond donors (Lipinski definition) is 1. The first-order chi connectivity index (χ1) is 10.3. The number of nitrogens with zero attached hydrogens (tertiary/aromatic N) is 2. The molecule has 0 aromatic heterocycles. The lowest BCUT2D eigenvalue weighted by atomic mass is 10.2. The lowest BCUT2D eigenvalue weighted by molar-refractivity contribution is -0.393. The molecule has 2 aromatic carbocycles. The molecule has 1 aliphatic rings. The molecule has 22 heavy (non-hydrogen) atoms. The Labute approximate surface area is 123 Å². The summed E-state index contributed by atoms with van der Waals surface area (Å²) in [4.78, 5) is 19.7. The van der Waals surface area contributed by atoms with Crippen LogP contribution in [0.4, 0.5) is 22.7 Å². The third-order valence-electron chi connectivity index (χ3n) is 3.20. The van der Waals surface area contributed by atoms with E-state index in [1.807, 2.05) is 0 Å². The minimum Gasteiger partial charge on any atom is -0.348 e. The van der Waals surface area contributed by atoms with Crippen molar-refractivity contribution in [2.45, 2.75) is 9.79 Å². The average Bonchev–Trinajstić information content (AvgIpc) is 2.46. The minimum absolute atomic E-state index is 0.0858. The molecule has 0 amide bonds. The molecule has 0 aliphatic carbocycles. The molecule has 0 unspecified atom stereocenters. The topological polar surface area (TPSA) is 132 Å². The number of rotatable bonds is 2. The molecule has 0 saturated heterocycles. The summed E-state index contributed by atoms with van der Waals surface area (Å²) in [6.45, 7) is 0. The van der Waals surface area contributed by atoms with Crippen molar-refractivity contribution in [3.05, 3.63) is 56.6 Å². The van der Waals surface area contributed by atoms with Crippen molar-refractivity contribution in [3.8, 4) is 0 Å². The van der Waals surface area contributed by atoms with E-state index in [-0.39, 0.29) is 16.3 Å². The number of para-hydroxylation sites is 1. The first kappa shape index (κ1) is 13.9. The molecule has 1 aliphatic heterocycles. The molecule has 112 valence electrons. The first-order valence-electron chi connectivity index (χ1n) is 5.90. The van der Waals surface area contributed by atoms with Gasteiger partial charge in [-0.05, 0) is 12.1 Å². The van der Waals surface area contributed by atoms with E-state index in [0.29, 0.717) is 0 Å². The van der Waals surface area contributed by atoms with E-state index in [2.05, 4.69) is 5.32 Å². The zero-order valence-corrected chi connectivity index (χ0v) is 11.5. The quantitative estimate of drug-likeness (QED) is 0.566. The standard InChI is InChI=1S/C12H7N3O6S/c16-14(17)7-5-9(15(18)19)12-11(6-7)22(20,21)10-4-2-1-3-8(10)13-12/h1-6,13H. The van der Waals surface area contributed by atoms with Crippen molar-refractivity contribution in [1.29, 1.82) is 0 Å². The minimum atomic E-state index is -4.08. The first-order valence-corrected chi connectivity index (χ1v) is 7.38. The molecule has 1 N–H and O–H groups in total. The Morgan fingerprint density at radius 3 is 2.27 bits per heavy atom. The van der Waals surface area contributed by atoms with E-state index in [0.717, 1.165) is 12.1 Å². The van der Waals surface area contributed by atoms with Crippen molar-refractivity contribution in [2.75, 3.05) is 5.32 Å². The lowest BCUT2D eigenvalue weighted by Crippen LogP contribution is -2.15. The third kappa shape index (κ3) is 1.89. The molecule has 0 saturated carbocycles. The second-order valence-corrected chi connectivity index (χ2v) is 6.36. The summed E-state index contributed by atoms with van der Waals surface area (Å²) in [5.74, 6) is 0. The molecule has 2 aromatic rings. The van der Waals surface area contributed by atoms with Crippen LogP contribution >= 0.6 is 0 Å². The highest BCUT2D eigenvalue weighted by molar-refractivity contribution is 7.92. The van der Waals surface area contributed by atoms with E-state index in [1.165, 1.54) is 18.2 Å². The average molecular weight is 321 g/mol. The highest BCUT2D eigenvalue weighted by atomic mass is 32.2. The van der Waals surface area contributed by atoms with Crippen LogP contribution in [0.1, 0.15) is 0 Å². The summed E-state index contributed by atoms with van der Waals surface area (Å²) in [6.07, 6.45) is 0. The van der Waals surface area contributed by atoms with E-state index in [1.54, 1.807) is 6.07 Å². The van der Waals surface area contributed by atoms with Crippen LogP contribution in [0, 0.1) is 20.2 Å². The van der Waals surface area contributed by atoms with Crippen LogP contribution in [0.2, 0.25) is 0 Å². The molecule has 0 spiro atoms. The Bertz CT molecular complexity index is 938. The molecule has 1 heterocycles. The van der Waals surface area contributed by atoms with Crippen molar-refractivity contribution < 1.29 is 18.3 Å². The number of nitro benzene ring substituents is 2. The van der Waals surface area contributed by atoms with Crippen LogP contribution in [-0.2, 0) is 9.84 Å². The fourth-order valence-corrected chi connectivity index (χ4v) is 3.83. The summed E-state index contributed by atoms with van der Waals surface area (Å²) >= 11 is 0. The Balaban J connectivity index is 2.40. The number of benzene rings is 2. The monoisotopic (exact) mass is 321 g/mol. The van der Waals surface area contributed by atoms with Crippen LogP contribution in [0.5, 0.6) is 0 Å². The molecule has 9 nitrogen and oxygen atoms in total. The largest absolute Gasteiger partial charge is 0.348 e. The van der Waals surface area contributed by atoms with Crippen molar-refractivity contribution in [3.63, 3.8) is 0 Å². The van der Waals surface area contributed by atoms with Crippen LogP contribution in [0.3, 0.4) is 0 Å². The van der Waals surface area contributed by atoms with Gasteiger partial charge in [0.25, 0.3) is 5.69 Å². The van der Waals surface area contributed by atoms with Crippen LogP contribution in [-0.4, -0.2) is 18.3 Å². The van der Waals surface area contributed by atoms with E-state index in [9.17, 15) is 28.6 Å². The van der Waals surface area contributed by atoms with Gasteiger partial charge < -0.3 is 5.32 Å². The predicted octanol–water partition coefficient (Wildman–Crippen LogP) is 2.39. The van der Waals surface area contributed by atoms with E-state index >= 15 is 0 Å². The molecule has 10 heteroatoms. The molecule has 0 atom stereocenters. The van der Waals surface area contributed by atoms with E-state index in [4.69, 9.17) is 0 Å². The normalized spacial score (nSPS) is 14.4. The summed E-state index contributed by atoms with van der Waals surface area (Å²) in [6, 6.07) is 7.40. The molecular formula is C12H7N3O6S. The van der Waals surface area contributed by atoms with Gasteiger partial charge in [0, 0.05) is 6.07 Å². The van der Waals surface area contributed by atoms with Gasteiger partial charge in [0.2, 0.25) is 9.84 Å². The molecular weight excluding hydrogens is 314 g/mol. The predicted molar refractivity (Wildman–Crippen MR) is 74.9 cm³/mol. The smallest absolute Gasteiger partial charge is 0.300 e. The van der Waals surface area contributed by atoms with Crippen LogP contribution < -0.4 is 5.32 Å². The lowest BCUT2D eigenvalue weighted by Gasteiger charge is -2.20. The van der Waals surface area contributed by atoms with Gasteiger partial charge in [-0.2, -0.15) is 0 Å². The van der Waals surface area contributed by atoms with Crippen LogP contribution in [0.15, 0.2) is 46.2 Å². The molecule has 0 fully saturated rings. The van der Waals surface area contributed by atoms with E-state index < -0.39 is 36.0 Å². The molecule has 0 radical (unpaired) electrons. The third-order valence-corrected chi connectivity index (χ3v) is 5.04. The summed E-state index contributed by atoms with van der Waals surface area (Å²) in [5.41, 5.74) is -1.40. The Morgan fingerprint density at radius 1 is 0.955 bits per heavy atom. The van der Waals surface area contributed by atoms with Gasteiger partial charge >= 0.3 is 5.69 Å². The highest BCUT2D eigenvalue weighted by Crippen LogP contribution is 2.45. The number of hydrogen-bond acceptors (Lipinski definition) is 7.